The molecule has 2 heterocycles. The van der Waals surface area contributed by atoms with Crippen molar-refractivity contribution in [2.24, 2.45) is 0 Å². The zero-order valence-corrected chi connectivity index (χ0v) is 16.9. The lowest BCUT2D eigenvalue weighted by Gasteiger charge is -2.23. The Hall–Kier alpha value is -3.10. The van der Waals surface area contributed by atoms with Crippen molar-refractivity contribution in [1.29, 1.82) is 5.41 Å². The molecule has 0 atom stereocenters. The lowest BCUT2D eigenvalue weighted by atomic mass is 10.1. The van der Waals surface area contributed by atoms with Crippen molar-refractivity contribution in [3.63, 3.8) is 0 Å². The lowest BCUT2D eigenvalue weighted by molar-refractivity contribution is -0.143. The first kappa shape index (κ1) is 21.6. The van der Waals surface area contributed by atoms with Crippen molar-refractivity contribution in [3.05, 3.63) is 65.0 Å². The van der Waals surface area contributed by atoms with Crippen molar-refractivity contribution in [1.82, 2.24) is 15.6 Å². The van der Waals surface area contributed by atoms with Gasteiger partial charge in [-0.3, -0.25) is 9.59 Å². The first-order chi connectivity index (χ1) is 14.5. The minimum absolute atomic E-state index is 0.211. The van der Waals surface area contributed by atoms with Crippen LogP contribution in [0.3, 0.4) is 0 Å². The molecule has 3 N–H and O–H groups in total. The van der Waals surface area contributed by atoms with Crippen molar-refractivity contribution >= 4 is 17.5 Å². The van der Waals surface area contributed by atoms with Gasteiger partial charge >= 0.3 is 0 Å². The Labute approximate surface area is 175 Å². The maximum absolute atomic E-state index is 12.6. The summed E-state index contributed by atoms with van der Waals surface area (Å²) >= 11 is 0. The van der Waals surface area contributed by atoms with Gasteiger partial charge in [-0.1, -0.05) is 30.3 Å². The van der Waals surface area contributed by atoms with Crippen molar-refractivity contribution in [3.8, 4) is 0 Å². The van der Waals surface area contributed by atoms with Crippen LogP contribution in [0.4, 0.5) is 0 Å². The van der Waals surface area contributed by atoms with E-state index in [0.717, 1.165) is 5.56 Å². The minimum Gasteiger partial charge on any atom is -0.354 e. The fraction of sp³-hybridized carbons (Fsp3) is 0.364. The number of rotatable bonds is 8. The Morgan fingerprint density at radius 2 is 1.87 bits per heavy atom. The highest BCUT2D eigenvalue weighted by Gasteiger charge is 2.18. The summed E-state index contributed by atoms with van der Waals surface area (Å²) in [5.74, 6) is -0.597. The Balaban J connectivity index is 1.61. The van der Waals surface area contributed by atoms with E-state index in [1.54, 1.807) is 6.07 Å². The molecule has 0 aliphatic carbocycles. The molecule has 8 nitrogen and oxygen atoms in total. The van der Waals surface area contributed by atoms with Gasteiger partial charge in [0.2, 0.25) is 0 Å². The summed E-state index contributed by atoms with van der Waals surface area (Å²) in [5, 5.41) is 12.9. The topological polar surface area (TPSA) is 113 Å². The summed E-state index contributed by atoms with van der Waals surface area (Å²) in [6, 6.07) is 13.0. The van der Waals surface area contributed by atoms with Crippen LogP contribution in [0.2, 0.25) is 0 Å². The molecular weight excluding hydrogens is 384 g/mol. The van der Waals surface area contributed by atoms with Gasteiger partial charge < -0.3 is 25.5 Å². The average Bonchev–Trinajstić information content (AvgIpc) is 2.77. The lowest BCUT2D eigenvalue weighted by Crippen LogP contribution is -2.33. The van der Waals surface area contributed by atoms with E-state index in [-0.39, 0.29) is 23.8 Å². The maximum atomic E-state index is 12.6. The monoisotopic (exact) mass is 410 g/mol. The number of carbonyl (C=O) groups is 2. The van der Waals surface area contributed by atoms with Crippen LogP contribution in [-0.2, 0) is 15.9 Å². The highest BCUT2D eigenvalue weighted by Crippen LogP contribution is 2.13. The fourth-order valence-electron chi connectivity index (χ4n) is 3.08. The predicted molar refractivity (Wildman–Crippen MR) is 112 cm³/mol. The standard InChI is InChI=1S/C22H26N4O4/c1-24-22(28)19-12-16(11-18(26-19)10-15-6-3-2-4-7-15)21(27)25-9-5-8-20-29-13-17(23)14-30-20/h2-4,6-7,11-12,20,23H,5,8-10,13-14H2,1H3,(H,24,28)(H,25,27). The van der Waals surface area contributed by atoms with E-state index < -0.39 is 0 Å². The van der Waals surface area contributed by atoms with Crippen molar-refractivity contribution in [2.75, 3.05) is 26.8 Å². The van der Waals surface area contributed by atoms with E-state index in [0.29, 0.717) is 56.0 Å². The summed E-state index contributed by atoms with van der Waals surface area (Å²) in [5.41, 5.74) is 2.73. The second-order valence-electron chi connectivity index (χ2n) is 7.03. The highest BCUT2D eigenvalue weighted by molar-refractivity contribution is 5.98. The Morgan fingerprint density at radius 1 is 1.13 bits per heavy atom. The normalized spacial score (nSPS) is 16.2. The van der Waals surface area contributed by atoms with Crippen LogP contribution >= 0.6 is 0 Å². The summed E-state index contributed by atoms with van der Waals surface area (Å²) in [7, 11) is 1.53. The van der Waals surface area contributed by atoms with E-state index in [2.05, 4.69) is 15.6 Å². The van der Waals surface area contributed by atoms with Gasteiger partial charge in [-0.2, -0.15) is 0 Å². The molecule has 1 aromatic carbocycles. The van der Waals surface area contributed by atoms with Crippen LogP contribution in [0.1, 0.15) is 44.9 Å². The number of ether oxygens (including phenoxy) is 2. The van der Waals surface area contributed by atoms with Gasteiger partial charge in [-0.25, -0.2) is 4.98 Å². The highest BCUT2D eigenvalue weighted by atomic mass is 16.7. The van der Waals surface area contributed by atoms with Crippen LogP contribution < -0.4 is 10.6 Å². The molecule has 1 aliphatic rings. The zero-order chi connectivity index (χ0) is 21.3. The number of nitrogens with one attached hydrogen (secondary N) is 3. The molecule has 8 heteroatoms. The number of amides is 2. The van der Waals surface area contributed by atoms with Crippen LogP contribution in [0.15, 0.2) is 42.5 Å². The fourth-order valence-corrected chi connectivity index (χ4v) is 3.08. The quantitative estimate of drug-likeness (QED) is 0.576. The van der Waals surface area contributed by atoms with Gasteiger partial charge in [0, 0.05) is 37.7 Å². The minimum atomic E-state index is -0.339. The molecule has 0 saturated carbocycles. The smallest absolute Gasteiger partial charge is 0.269 e. The predicted octanol–water partition coefficient (Wildman–Crippen LogP) is 1.93. The van der Waals surface area contributed by atoms with Gasteiger partial charge in [0.05, 0.1) is 18.9 Å². The molecule has 0 bridgehead atoms. The van der Waals surface area contributed by atoms with Crippen molar-refractivity contribution < 1.29 is 19.1 Å². The zero-order valence-electron chi connectivity index (χ0n) is 16.9. The van der Waals surface area contributed by atoms with E-state index in [9.17, 15) is 9.59 Å². The average molecular weight is 410 g/mol. The van der Waals surface area contributed by atoms with Gasteiger partial charge in [0.15, 0.2) is 6.29 Å². The number of hydrogen-bond donors (Lipinski definition) is 3. The summed E-state index contributed by atoms with van der Waals surface area (Å²) in [6.45, 7) is 1.03. The maximum Gasteiger partial charge on any atom is 0.269 e. The molecule has 2 amide bonds. The molecule has 30 heavy (non-hydrogen) atoms. The van der Waals surface area contributed by atoms with Crippen LogP contribution in [0.5, 0.6) is 0 Å². The van der Waals surface area contributed by atoms with E-state index in [1.165, 1.54) is 13.1 Å². The molecule has 1 fully saturated rings. The molecule has 158 valence electrons. The number of pyridine rings is 1. The molecule has 1 aromatic heterocycles. The van der Waals surface area contributed by atoms with Crippen LogP contribution in [-0.4, -0.2) is 55.6 Å². The molecule has 0 radical (unpaired) electrons. The summed E-state index contributed by atoms with van der Waals surface area (Å²) in [6.07, 6.45) is 1.49. The SMILES string of the molecule is CNC(=O)c1cc(C(=O)NCCCC2OCC(=N)CO2)cc(Cc2ccccc2)n1. The van der Waals surface area contributed by atoms with Crippen LogP contribution in [0, 0.1) is 5.41 Å². The third-order valence-electron chi connectivity index (χ3n) is 4.62. The molecule has 1 aliphatic heterocycles. The molecule has 2 aromatic rings. The second kappa shape index (κ2) is 10.6. The largest absolute Gasteiger partial charge is 0.354 e. The molecular formula is C22H26N4O4. The molecule has 0 spiro atoms. The Kier molecular flexibility index (Phi) is 7.64. The number of nitrogens with zero attached hydrogens (tertiary/aromatic N) is 1. The van der Waals surface area contributed by atoms with Gasteiger partial charge in [-0.05, 0) is 24.1 Å². The summed E-state index contributed by atoms with van der Waals surface area (Å²) in [4.78, 5) is 29.2. The van der Waals surface area contributed by atoms with Crippen molar-refractivity contribution in [2.45, 2.75) is 25.6 Å². The van der Waals surface area contributed by atoms with Crippen LogP contribution in [0.25, 0.3) is 0 Å². The number of carbonyl (C=O) groups excluding carboxylic acids is 2. The third-order valence-corrected chi connectivity index (χ3v) is 4.62. The van der Waals surface area contributed by atoms with E-state index in [1.807, 2.05) is 30.3 Å². The summed E-state index contributed by atoms with van der Waals surface area (Å²) < 4.78 is 10.8. The first-order valence-corrected chi connectivity index (χ1v) is 9.90. The molecule has 0 unspecified atom stereocenters. The van der Waals surface area contributed by atoms with E-state index >= 15 is 0 Å². The van der Waals surface area contributed by atoms with Gasteiger partial charge in [0.1, 0.15) is 5.69 Å². The molecule has 3 rings (SSSR count). The number of benzene rings is 1. The van der Waals surface area contributed by atoms with Gasteiger partial charge in [0.25, 0.3) is 11.8 Å². The Morgan fingerprint density at radius 3 is 2.57 bits per heavy atom. The number of hydrogen-bond acceptors (Lipinski definition) is 6. The molecule has 1 saturated heterocycles. The van der Waals surface area contributed by atoms with E-state index in [4.69, 9.17) is 14.9 Å². The Bertz CT molecular complexity index is 891. The first-order valence-electron chi connectivity index (χ1n) is 9.90. The second-order valence-corrected chi connectivity index (χ2v) is 7.03. The van der Waals surface area contributed by atoms with Gasteiger partial charge in [-0.15, -0.1) is 0 Å². The third kappa shape index (κ3) is 6.20. The number of aromatic nitrogens is 1.